The third-order valence-corrected chi connectivity index (χ3v) is 4.01. The molecule has 0 saturated carbocycles. The van der Waals surface area contributed by atoms with Crippen molar-refractivity contribution in [1.82, 2.24) is 0 Å². The maximum atomic E-state index is 6.14. The zero-order valence-electron chi connectivity index (χ0n) is 11.2. The lowest BCUT2D eigenvalue weighted by Gasteiger charge is -2.28. The van der Waals surface area contributed by atoms with Gasteiger partial charge >= 0.3 is 0 Å². The Morgan fingerprint density at radius 2 is 1.83 bits per heavy atom. The van der Waals surface area contributed by atoms with Gasteiger partial charge in [0, 0.05) is 4.47 Å². The maximum Gasteiger partial charge on any atom is 0.242 e. The van der Waals surface area contributed by atoms with Crippen molar-refractivity contribution in [3.05, 3.63) is 28.2 Å². The highest BCUT2D eigenvalue weighted by atomic mass is 79.9. The molecule has 2 rings (SSSR count). The van der Waals surface area contributed by atoms with Gasteiger partial charge in [-0.3, -0.25) is 0 Å². The number of hydrogen-bond donors (Lipinski definition) is 0. The summed E-state index contributed by atoms with van der Waals surface area (Å²) in [6, 6.07) is 5.98. The lowest BCUT2D eigenvalue weighted by molar-refractivity contribution is -0.150. The molecule has 0 aromatic heterocycles. The molecule has 5 heteroatoms. The third kappa shape index (κ3) is 3.15. The van der Waals surface area contributed by atoms with Crippen LogP contribution in [0.4, 0.5) is 0 Å². The van der Waals surface area contributed by atoms with Gasteiger partial charge in [0.15, 0.2) is 5.79 Å². The van der Waals surface area contributed by atoms with E-state index in [9.17, 15) is 0 Å². The second kappa shape index (κ2) is 4.96. The summed E-state index contributed by atoms with van der Waals surface area (Å²) in [5.41, 5.74) is 0.964. The van der Waals surface area contributed by atoms with Gasteiger partial charge in [0.1, 0.15) is 5.75 Å². The Hall–Kier alpha value is -0.363. The van der Waals surface area contributed by atoms with Crippen molar-refractivity contribution < 1.29 is 13.9 Å². The van der Waals surface area contributed by atoms with E-state index in [0.29, 0.717) is 13.2 Å². The first kappa shape index (κ1) is 14.1. The van der Waals surface area contributed by atoms with E-state index in [2.05, 4.69) is 35.6 Å². The molecular weight excluding hydrogens is 312 g/mol. The van der Waals surface area contributed by atoms with Gasteiger partial charge < -0.3 is 13.9 Å². The predicted molar refractivity (Wildman–Crippen MR) is 77.4 cm³/mol. The zero-order chi connectivity index (χ0) is 13.4. The minimum absolute atomic E-state index is 0.624. The van der Waals surface area contributed by atoms with Crippen LogP contribution in [-0.4, -0.2) is 21.5 Å². The monoisotopic (exact) mass is 330 g/mol. The first-order chi connectivity index (χ1) is 8.30. The quantitative estimate of drug-likeness (QED) is 0.787. The van der Waals surface area contributed by atoms with Crippen LogP contribution in [0.5, 0.6) is 5.75 Å². The number of benzene rings is 1. The Bertz CT molecular complexity index is 436. The van der Waals surface area contributed by atoms with Gasteiger partial charge in [0.25, 0.3) is 0 Å². The number of ether oxygens (including phenoxy) is 2. The molecule has 0 spiro atoms. The van der Waals surface area contributed by atoms with Crippen molar-refractivity contribution in [3.8, 4) is 5.75 Å². The molecule has 0 N–H and O–H groups in total. The zero-order valence-corrected chi connectivity index (χ0v) is 13.8. The molecule has 0 unspecified atom stereocenters. The average molecular weight is 331 g/mol. The molecule has 1 heterocycles. The van der Waals surface area contributed by atoms with Crippen LogP contribution >= 0.6 is 15.9 Å². The topological polar surface area (TPSA) is 27.7 Å². The first-order valence-corrected chi connectivity index (χ1v) is 10.3. The van der Waals surface area contributed by atoms with Crippen molar-refractivity contribution in [2.24, 2.45) is 0 Å². The number of halogens is 1. The lowest BCUT2D eigenvalue weighted by atomic mass is 10.1. The van der Waals surface area contributed by atoms with E-state index in [4.69, 9.17) is 13.9 Å². The second-order valence-electron chi connectivity index (χ2n) is 5.50. The summed E-state index contributed by atoms with van der Waals surface area (Å²) in [6.07, 6.45) is 0. The van der Waals surface area contributed by atoms with Crippen molar-refractivity contribution in [2.45, 2.75) is 32.4 Å². The fourth-order valence-electron chi connectivity index (χ4n) is 1.96. The molecule has 0 atom stereocenters. The SMILES string of the molecule is CC1(c2ccc(Br)cc2O[Si](C)(C)C)OCCO1. The molecule has 0 radical (unpaired) electrons. The lowest BCUT2D eigenvalue weighted by Crippen LogP contribution is -2.32. The molecule has 3 nitrogen and oxygen atoms in total. The van der Waals surface area contributed by atoms with Crippen LogP contribution in [0.25, 0.3) is 0 Å². The van der Waals surface area contributed by atoms with Crippen LogP contribution in [0.3, 0.4) is 0 Å². The van der Waals surface area contributed by atoms with Gasteiger partial charge in [-0.15, -0.1) is 0 Å². The van der Waals surface area contributed by atoms with Crippen LogP contribution in [0, 0.1) is 0 Å². The molecule has 1 aromatic rings. The van der Waals surface area contributed by atoms with Gasteiger partial charge in [-0.25, -0.2) is 0 Å². The van der Waals surface area contributed by atoms with Crippen molar-refractivity contribution in [3.63, 3.8) is 0 Å². The van der Waals surface area contributed by atoms with Gasteiger partial charge in [-0.1, -0.05) is 15.9 Å². The summed E-state index contributed by atoms with van der Waals surface area (Å²) in [7, 11) is -1.67. The highest BCUT2D eigenvalue weighted by molar-refractivity contribution is 9.10. The average Bonchev–Trinajstić information content (AvgIpc) is 2.63. The van der Waals surface area contributed by atoms with E-state index in [0.717, 1.165) is 15.8 Å². The second-order valence-corrected chi connectivity index (χ2v) is 10.8. The Labute approximate surface area is 118 Å². The normalized spacial score (nSPS) is 18.9. The molecule has 18 heavy (non-hydrogen) atoms. The minimum atomic E-state index is -1.67. The molecule has 0 aliphatic carbocycles. The van der Waals surface area contributed by atoms with E-state index in [1.807, 2.05) is 25.1 Å². The van der Waals surface area contributed by atoms with Crippen LogP contribution in [0.2, 0.25) is 19.6 Å². The summed E-state index contributed by atoms with van der Waals surface area (Å²) in [4.78, 5) is 0. The van der Waals surface area contributed by atoms with E-state index in [-0.39, 0.29) is 0 Å². The summed E-state index contributed by atoms with van der Waals surface area (Å²) in [6.45, 7) is 9.68. The van der Waals surface area contributed by atoms with Crippen LogP contribution in [0.1, 0.15) is 12.5 Å². The van der Waals surface area contributed by atoms with Crippen LogP contribution < -0.4 is 4.43 Å². The van der Waals surface area contributed by atoms with Crippen molar-refractivity contribution in [1.29, 1.82) is 0 Å². The number of rotatable bonds is 3. The smallest absolute Gasteiger partial charge is 0.242 e. The Kier molecular flexibility index (Phi) is 3.87. The largest absolute Gasteiger partial charge is 0.544 e. The Morgan fingerprint density at radius 3 is 2.39 bits per heavy atom. The predicted octanol–water partition coefficient (Wildman–Crippen LogP) is 3.88. The Morgan fingerprint density at radius 1 is 1.22 bits per heavy atom. The molecule has 0 amide bonds. The highest BCUT2D eigenvalue weighted by Crippen LogP contribution is 2.39. The van der Waals surface area contributed by atoms with Gasteiger partial charge in [-0.2, -0.15) is 0 Å². The van der Waals surface area contributed by atoms with Crippen LogP contribution in [0.15, 0.2) is 22.7 Å². The standard InChI is InChI=1S/C13H19BrO3Si/c1-13(15-7-8-16-13)11-6-5-10(14)9-12(11)17-18(2,3)4/h5-6,9H,7-8H2,1-4H3. The molecular formula is C13H19BrO3Si. The minimum Gasteiger partial charge on any atom is -0.544 e. The fourth-order valence-corrected chi connectivity index (χ4v) is 3.12. The molecule has 1 aliphatic heterocycles. The van der Waals surface area contributed by atoms with Crippen LogP contribution in [-0.2, 0) is 15.3 Å². The highest BCUT2D eigenvalue weighted by Gasteiger charge is 2.36. The van der Waals surface area contributed by atoms with E-state index in [1.165, 1.54) is 0 Å². The first-order valence-electron chi connectivity index (χ1n) is 6.07. The summed E-state index contributed by atoms with van der Waals surface area (Å²) >= 11 is 3.48. The van der Waals surface area contributed by atoms with Gasteiger partial charge in [-0.05, 0) is 44.8 Å². The molecule has 1 fully saturated rings. The van der Waals surface area contributed by atoms with E-state index >= 15 is 0 Å². The van der Waals surface area contributed by atoms with Crippen molar-refractivity contribution >= 4 is 24.2 Å². The van der Waals surface area contributed by atoms with Crippen molar-refractivity contribution in [2.75, 3.05) is 13.2 Å². The number of hydrogen-bond acceptors (Lipinski definition) is 3. The van der Waals surface area contributed by atoms with Gasteiger partial charge in [0.05, 0.1) is 18.8 Å². The molecule has 0 bridgehead atoms. The summed E-state index contributed by atoms with van der Waals surface area (Å²) in [5.74, 6) is 0.170. The van der Waals surface area contributed by atoms with E-state index < -0.39 is 14.1 Å². The Balaban J connectivity index is 2.40. The molecule has 100 valence electrons. The maximum absolute atomic E-state index is 6.14. The summed E-state index contributed by atoms with van der Waals surface area (Å²) < 4.78 is 18.6. The molecule has 1 aliphatic rings. The molecule has 1 aromatic carbocycles. The van der Waals surface area contributed by atoms with E-state index in [1.54, 1.807) is 0 Å². The van der Waals surface area contributed by atoms with Gasteiger partial charge in [0.2, 0.25) is 8.32 Å². The molecule has 1 saturated heterocycles. The summed E-state index contributed by atoms with van der Waals surface area (Å²) in [5, 5.41) is 0. The third-order valence-electron chi connectivity index (χ3n) is 2.69. The fraction of sp³-hybridized carbons (Fsp3) is 0.538.